The maximum absolute atomic E-state index is 13.3. The summed E-state index contributed by atoms with van der Waals surface area (Å²) in [5, 5.41) is 3.00. The number of ether oxygens (including phenoxy) is 4. The van der Waals surface area contributed by atoms with Crippen molar-refractivity contribution in [2.75, 3.05) is 27.9 Å². The average Bonchev–Trinajstić information content (AvgIpc) is 2.86. The van der Waals surface area contributed by atoms with Gasteiger partial charge in [0.05, 0.1) is 21.3 Å². The summed E-state index contributed by atoms with van der Waals surface area (Å²) < 4.78 is 21.5. The van der Waals surface area contributed by atoms with Gasteiger partial charge in [-0.2, -0.15) is 0 Å². The molecule has 0 saturated carbocycles. The summed E-state index contributed by atoms with van der Waals surface area (Å²) in [6.45, 7) is 5.87. The summed E-state index contributed by atoms with van der Waals surface area (Å²) >= 11 is 0. The Morgan fingerprint density at radius 2 is 1.41 bits per heavy atom. The van der Waals surface area contributed by atoms with Gasteiger partial charge < -0.3 is 29.2 Å². The standard InChI is InChI=1S/C26H36N2O6/c1-7-18(3)27-26(30)24(8-2)28(16-19-9-11-20(31-4)12-10-19)25(29)17-34-23-14-21(32-5)13-22(15-23)33-6/h9-15,18,24H,7-8,16-17H2,1-6H3,(H,27,30)/t18-,24-/m0/s1. The third kappa shape index (κ3) is 7.57. The summed E-state index contributed by atoms with van der Waals surface area (Å²) in [6, 6.07) is 11.9. The molecule has 0 bridgehead atoms. The Labute approximate surface area is 202 Å². The van der Waals surface area contributed by atoms with E-state index in [1.807, 2.05) is 45.0 Å². The molecule has 2 atom stereocenters. The van der Waals surface area contributed by atoms with Crippen molar-refractivity contribution in [1.29, 1.82) is 0 Å². The topological polar surface area (TPSA) is 86.3 Å². The minimum atomic E-state index is -0.632. The van der Waals surface area contributed by atoms with E-state index in [1.54, 1.807) is 44.4 Å². The fraction of sp³-hybridized carbons (Fsp3) is 0.462. The highest BCUT2D eigenvalue weighted by Crippen LogP contribution is 2.27. The van der Waals surface area contributed by atoms with Gasteiger partial charge in [-0.25, -0.2) is 0 Å². The van der Waals surface area contributed by atoms with Gasteiger partial charge in [0.15, 0.2) is 6.61 Å². The van der Waals surface area contributed by atoms with Crippen molar-refractivity contribution in [2.45, 2.75) is 52.2 Å². The Hall–Kier alpha value is -3.42. The van der Waals surface area contributed by atoms with Gasteiger partial charge in [0.25, 0.3) is 5.91 Å². The molecular weight excluding hydrogens is 436 g/mol. The van der Waals surface area contributed by atoms with Crippen LogP contribution in [0.3, 0.4) is 0 Å². The molecule has 0 unspecified atom stereocenters. The molecule has 34 heavy (non-hydrogen) atoms. The Morgan fingerprint density at radius 3 is 1.91 bits per heavy atom. The molecule has 2 aromatic carbocycles. The van der Waals surface area contributed by atoms with E-state index in [1.165, 1.54) is 0 Å². The largest absolute Gasteiger partial charge is 0.497 e. The van der Waals surface area contributed by atoms with Gasteiger partial charge >= 0.3 is 0 Å². The highest BCUT2D eigenvalue weighted by molar-refractivity contribution is 5.88. The third-order valence-electron chi connectivity index (χ3n) is 5.59. The fourth-order valence-electron chi connectivity index (χ4n) is 3.38. The quantitative estimate of drug-likeness (QED) is 0.477. The first-order valence-electron chi connectivity index (χ1n) is 11.4. The van der Waals surface area contributed by atoms with Crippen molar-refractivity contribution in [1.82, 2.24) is 10.2 Å². The van der Waals surface area contributed by atoms with Crippen LogP contribution in [0.2, 0.25) is 0 Å². The molecule has 0 spiro atoms. The van der Waals surface area contributed by atoms with Gasteiger partial charge in [-0.1, -0.05) is 26.0 Å². The molecule has 8 nitrogen and oxygen atoms in total. The van der Waals surface area contributed by atoms with Gasteiger partial charge in [0.1, 0.15) is 29.0 Å². The van der Waals surface area contributed by atoms with E-state index >= 15 is 0 Å². The number of carbonyl (C=O) groups excluding carboxylic acids is 2. The van der Waals surface area contributed by atoms with Crippen LogP contribution in [0, 0.1) is 0 Å². The molecule has 0 saturated heterocycles. The monoisotopic (exact) mass is 472 g/mol. The molecular formula is C26H36N2O6. The van der Waals surface area contributed by atoms with Crippen molar-refractivity contribution in [3.63, 3.8) is 0 Å². The minimum absolute atomic E-state index is 0.0139. The molecule has 0 fully saturated rings. The zero-order chi connectivity index (χ0) is 25.1. The molecule has 1 N–H and O–H groups in total. The number of hydrogen-bond acceptors (Lipinski definition) is 6. The molecule has 2 amide bonds. The van der Waals surface area contributed by atoms with E-state index in [2.05, 4.69) is 5.32 Å². The highest BCUT2D eigenvalue weighted by atomic mass is 16.5. The lowest BCUT2D eigenvalue weighted by Crippen LogP contribution is -2.51. The van der Waals surface area contributed by atoms with Crippen LogP contribution in [-0.2, 0) is 16.1 Å². The van der Waals surface area contributed by atoms with Crippen molar-refractivity contribution < 1.29 is 28.5 Å². The van der Waals surface area contributed by atoms with Crippen molar-refractivity contribution in [3.05, 3.63) is 48.0 Å². The van der Waals surface area contributed by atoms with Gasteiger partial charge in [0, 0.05) is 30.8 Å². The Balaban J connectivity index is 2.25. The lowest BCUT2D eigenvalue weighted by atomic mass is 10.1. The predicted octanol–water partition coefficient (Wildman–Crippen LogP) is 3.81. The molecule has 2 rings (SSSR count). The number of rotatable bonds is 13. The smallest absolute Gasteiger partial charge is 0.261 e. The first kappa shape index (κ1) is 26.8. The van der Waals surface area contributed by atoms with E-state index in [9.17, 15) is 9.59 Å². The zero-order valence-electron chi connectivity index (χ0n) is 20.9. The van der Waals surface area contributed by atoms with E-state index in [0.29, 0.717) is 23.7 Å². The molecule has 0 aromatic heterocycles. The molecule has 0 heterocycles. The highest BCUT2D eigenvalue weighted by Gasteiger charge is 2.29. The average molecular weight is 473 g/mol. The number of carbonyl (C=O) groups is 2. The summed E-state index contributed by atoms with van der Waals surface area (Å²) in [7, 11) is 4.69. The van der Waals surface area contributed by atoms with E-state index < -0.39 is 6.04 Å². The van der Waals surface area contributed by atoms with E-state index in [-0.39, 0.29) is 31.0 Å². The van der Waals surface area contributed by atoms with Gasteiger partial charge in [-0.15, -0.1) is 0 Å². The number of benzene rings is 2. The van der Waals surface area contributed by atoms with E-state index in [4.69, 9.17) is 18.9 Å². The number of nitrogens with zero attached hydrogens (tertiary/aromatic N) is 1. The van der Waals surface area contributed by atoms with Crippen LogP contribution < -0.4 is 24.3 Å². The van der Waals surface area contributed by atoms with Crippen LogP contribution in [0.4, 0.5) is 0 Å². The number of hydrogen-bond donors (Lipinski definition) is 1. The summed E-state index contributed by atoms with van der Waals surface area (Å²) in [5.41, 5.74) is 0.881. The van der Waals surface area contributed by atoms with Crippen LogP contribution in [0.15, 0.2) is 42.5 Å². The third-order valence-corrected chi connectivity index (χ3v) is 5.59. The second kappa shape index (κ2) is 13.3. The van der Waals surface area contributed by atoms with Gasteiger partial charge in [-0.05, 0) is 37.5 Å². The zero-order valence-corrected chi connectivity index (χ0v) is 20.9. The van der Waals surface area contributed by atoms with Crippen molar-refractivity contribution in [3.8, 4) is 23.0 Å². The van der Waals surface area contributed by atoms with Crippen molar-refractivity contribution in [2.24, 2.45) is 0 Å². The molecule has 0 aliphatic rings. The van der Waals surface area contributed by atoms with Crippen LogP contribution in [0.5, 0.6) is 23.0 Å². The summed E-state index contributed by atoms with van der Waals surface area (Å²) in [5.74, 6) is 1.78. The molecule has 8 heteroatoms. The first-order chi connectivity index (χ1) is 16.3. The van der Waals surface area contributed by atoms with Gasteiger partial charge in [-0.3, -0.25) is 9.59 Å². The second-order valence-corrected chi connectivity index (χ2v) is 7.95. The molecule has 0 aliphatic carbocycles. The molecule has 2 aromatic rings. The predicted molar refractivity (Wildman–Crippen MR) is 131 cm³/mol. The second-order valence-electron chi connectivity index (χ2n) is 7.95. The minimum Gasteiger partial charge on any atom is -0.497 e. The molecule has 186 valence electrons. The fourth-order valence-corrected chi connectivity index (χ4v) is 3.38. The number of methoxy groups -OCH3 is 3. The normalized spacial score (nSPS) is 12.3. The molecule has 0 aliphatic heterocycles. The SMILES string of the molecule is CC[C@H](C)NC(=O)[C@H](CC)N(Cc1ccc(OC)cc1)C(=O)COc1cc(OC)cc(OC)c1. The summed E-state index contributed by atoms with van der Waals surface area (Å²) in [4.78, 5) is 27.9. The van der Waals surface area contributed by atoms with Crippen LogP contribution in [0.25, 0.3) is 0 Å². The lowest BCUT2D eigenvalue weighted by molar-refractivity contribution is -0.143. The Kier molecular flexibility index (Phi) is 10.5. The maximum Gasteiger partial charge on any atom is 0.261 e. The van der Waals surface area contributed by atoms with E-state index in [0.717, 1.165) is 17.7 Å². The maximum atomic E-state index is 13.3. The van der Waals surface area contributed by atoms with Crippen LogP contribution >= 0.6 is 0 Å². The lowest BCUT2D eigenvalue weighted by Gasteiger charge is -2.31. The van der Waals surface area contributed by atoms with Crippen LogP contribution in [-0.4, -0.2) is 56.7 Å². The Bertz CT molecular complexity index is 909. The Morgan fingerprint density at radius 1 is 0.853 bits per heavy atom. The molecule has 0 radical (unpaired) electrons. The van der Waals surface area contributed by atoms with Gasteiger partial charge in [0.2, 0.25) is 5.91 Å². The van der Waals surface area contributed by atoms with Crippen molar-refractivity contribution >= 4 is 11.8 Å². The summed E-state index contributed by atoms with van der Waals surface area (Å²) in [6.07, 6.45) is 1.27. The number of amides is 2. The van der Waals surface area contributed by atoms with Crippen LogP contribution in [0.1, 0.15) is 39.2 Å². The first-order valence-corrected chi connectivity index (χ1v) is 11.4. The number of nitrogens with one attached hydrogen (secondary N) is 1.